The largest absolute Gasteiger partial charge is 0.423 e. The molecule has 0 unspecified atom stereocenters. The maximum absolute atomic E-state index is 12.3. The van der Waals surface area contributed by atoms with Crippen LogP contribution in [0, 0.1) is 0 Å². The average molecular weight is 353 g/mol. The number of para-hydroxylation sites is 2. The van der Waals surface area contributed by atoms with Gasteiger partial charge in [-0.05, 0) is 42.5 Å². The maximum Gasteiger partial charge on any atom is 0.345 e. The van der Waals surface area contributed by atoms with Crippen LogP contribution < -0.4 is 9.47 Å². The van der Waals surface area contributed by atoms with Gasteiger partial charge in [0.2, 0.25) is 0 Å². The van der Waals surface area contributed by atoms with Gasteiger partial charge in [0.15, 0.2) is 0 Å². The van der Waals surface area contributed by atoms with Gasteiger partial charge in [-0.25, -0.2) is 9.59 Å². The zero-order valence-electron chi connectivity index (χ0n) is 13.0. The van der Waals surface area contributed by atoms with Crippen molar-refractivity contribution >= 4 is 23.5 Å². The van der Waals surface area contributed by atoms with Gasteiger partial charge in [0, 0.05) is 0 Å². The summed E-state index contributed by atoms with van der Waals surface area (Å²) in [6, 6.07) is 21.6. The zero-order chi connectivity index (χ0) is 17.6. The minimum Gasteiger partial charge on any atom is -0.423 e. The Morgan fingerprint density at radius 3 is 1.76 bits per heavy atom. The molecule has 0 saturated heterocycles. The van der Waals surface area contributed by atoms with Crippen molar-refractivity contribution in [2.45, 2.75) is 0 Å². The first-order chi connectivity index (χ1) is 12.1. The molecule has 3 aromatic rings. The molecule has 5 heteroatoms. The Labute approximate surface area is 149 Å². The summed E-state index contributed by atoms with van der Waals surface area (Å²) in [5, 5.41) is 0.192. The summed E-state index contributed by atoms with van der Waals surface area (Å²) in [4.78, 5) is 24.6. The maximum atomic E-state index is 12.3. The molecule has 124 valence electrons. The Balaban J connectivity index is 1.80. The number of rotatable bonds is 4. The van der Waals surface area contributed by atoms with Crippen LogP contribution in [0.1, 0.15) is 20.7 Å². The van der Waals surface area contributed by atoms with Gasteiger partial charge < -0.3 is 9.47 Å². The van der Waals surface area contributed by atoms with Crippen LogP contribution in [-0.2, 0) is 0 Å². The minimum absolute atomic E-state index is 0.0908. The molecule has 0 amide bonds. The molecule has 0 aromatic heterocycles. The number of carbonyl (C=O) groups excluding carboxylic acids is 2. The summed E-state index contributed by atoms with van der Waals surface area (Å²) in [5.41, 5.74) is 0.293. The average Bonchev–Trinajstić information content (AvgIpc) is 2.63. The highest BCUT2D eigenvalue weighted by molar-refractivity contribution is 6.33. The molecule has 0 radical (unpaired) electrons. The molecule has 25 heavy (non-hydrogen) atoms. The van der Waals surface area contributed by atoms with Crippen molar-refractivity contribution in [2.75, 3.05) is 0 Å². The summed E-state index contributed by atoms with van der Waals surface area (Å²) in [6.07, 6.45) is 0. The lowest BCUT2D eigenvalue weighted by Gasteiger charge is -2.08. The number of carbonyl (C=O) groups is 2. The summed E-state index contributed by atoms with van der Waals surface area (Å²) < 4.78 is 10.5. The van der Waals surface area contributed by atoms with Gasteiger partial charge in [0.05, 0.1) is 16.1 Å². The second-order valence-electron chi connectivity index (χ2n) is 5.10. The second-order valence-corrected chi connectivity index (χ2v) is 5.51. The first kappa shape index (κ1) is 16.7. The van der Waals surface area contributed by atoms with Gasteiger partial charge in [-0.1, -0.05) is 48.0 Å². The molecule has 0 N–H and O–H groups in total. The molecule has 0 aliphatic carbocycles. The number of esters is 2. The first-order valence-corrected chi connectivity index (χ1v) is 7.85. The van der Waals surface area contributed by atoms with E-state index in [0.29, 0.717) is 11.5 Å². The van der Waals surface area contributed by atoms with E-state index in [1.54, 1.807) is 48.5 Å². The lowest BCUT2D eigenvalue weighted by molar-refractivity contribution is 0.0734. The number of halogens is 1. The normalized spacial score (nSPS) is 10.1. The van der Waals surface area contributed by atoms with Crippen LogP contribution in [0.25, 0.3) is 0 Å². The van der Waals surface area contributed by atoms with Crippen LogP contribution in [0.2, 0.25) is 5.02 Å². The van der Waals surface area contributed by atoms with E-state index in [1.807, 2.05) is 12.1 Å². The lowest BCUT2D eigenvalue weighted by atomic mass is 10.1. The third-order valence-electron chi connectivity index (χ3n) is 3.33. The van der Waals surface area contributed by atoms with Gasteiger partial charge in [-0.3, -0.25) is 0 Å². The monoisotopic (exact) mass is 352 g/mol. The zero-order valence-corrected chi connectivity index (χ0v) is 13.8. The molecule has 0 spiro atoms. The SMILES string of the molecule is O=C(Oc1ccccc1)c1ccc(Cl)c(C(=O)Oc2ccccc2)c1. The number of ether oxygens (including phenoxy) is 2. The highest BCUT2D eigenvalue weighted by atomic mass is 35.5. The van der Waals surface area contributed by atoms with Crippen LogP contribution in [0.5, 0.6) is 11.5 Å². The molecule has 0 atom stereocenters. The lowest BCUT2D eigenvalue weighted by Crippen LogP contribution is -2.13. The van der Waals surface area contributed by atoms with Crippen molar-refractivity contribution in [1.82, 2.24) is 0 Å². The highest BCUT2D eigenvalue weighted by Gasteiger charge is 2.17. The predicted molar refractivity (Wildman–Crippen MR) is 94.3 cm³/mol. The smallest absolute Gasteiger partial charge is 0.345 e. The van der Waals surface area contributed by atoms with Crippen LogP contribution in [0.3, 0.4) is 0 Å². The molecule has 0 aliphatic heterocycles. The second kappa shape index (κ2) is 7.64. The minimum atomic E-state index is -0.648. The van der Waals surface area contributed by atoms with E-state index in [0.717, 1.165) is 0 Å². The van der Waals surface area contributed by atoms with Crippen molar-refractivity contribution in [1.29, 1.82) is 0 Å². The van der Waals surface area contributed by atoms with Gasteiger partial charge in [0.1, 0.15) is 11.5 Å². The fraction of sp³-hybridized carbons (Fsp3) is 0. The summed E-state index contributed by atoms with van der Waals surface area (Å²) in [6.45, 7) is 0. The van der Waals surface area contributed by atoms with Crippen LogP contribution >= 0.6 is 11.6 Å². The van der Waals surface area contributed by atoms with E-state index >= 15 is 0 Å². The molecule has 0 fully saturated rings. The molecule has 4 nitrogen and oxygen atoms in total. The van der Waals surface area contributed by atoms with E-state index in [1.165, 1.54) is 18.2 Å². The summed E-state index contributed by atoms with van der Waals surface area (Å²) in [5.74, 6) is -0.432. The van der Waals surface area contributed by atoms with Crippen molar-refractivity contribution in [3.8, 4) is 11.5 Å². The molecule has 0 heterocycles. The van der Waals surface area contributed by atoms with Crippen LogP contribution in [-0.4, -0.2) is 11.9 Å². The van der Waals surface area contributed by atoms with Crippen molar-refractivity contribution < 1.29 is 19.1 Å². The fourth-order valence-corrected chi connectivity index (χ4v) is 2.31. The van der Waals surface area contributed by atoms with Crippen molar-refractivity contribution in [3.63, 3.8) is 0 Å². The first-order valence-electron chi connectivity index (χ1n) is 7.47. The fourth-order valence-electron chi connectivity index (χ4n) is 2.11. The van der Waals surface area contributed by atoms with Gasteiger partial charge in [0.25, 0.3) is 0 Å². The van der Waals surface area contributed by atoms with E-state index in [2.05, 4.69) is 0 Å². The van der Waals surface area contributed by atoms with Crippen molar-refractivity contribution in [3.05, 3.63) is 95.0 Å². The van der Waals surface area contributed by atoms with Crippen LogP contribution in [0.15, 0.2) is 78.9 Å². The van der Waals surface area contributed by atoms with Crippen molar-refractivity contribution in [2.24, 2.45) is 0 Å². The third kappa shape index (κ3) is 4.25. The predicted octanol–water partition coefficient (Wildman–Crippen LogP) is 4.78. The Bertz CT molecular complexity index is 892. The third-order valence-corrected chi connectivity index (χ3v) is 3.66. The summed E-state index contributed by atoms with van der Waals surface area (Å²) >= 11 is 6.07. The Morgan fingerprint density at radius 2 is 1.20 bits per heavy atom. The molecular weight excluding hydrogens is 340 g/mol. The Hall–Kier alpha value is -3.11. The van der Waals surface area contributed by atoms with E-state index < -0.39 is 11.9 Å². The topological polar surface area (TPSA) is 52.6 Å². The molecule has 3 rings (SSSR count). The summed E-state index contributed by atoms with van der Waals surface area (Å²) in [7, 11) is 0. The Morgan fingerprint density at radius 1 is 0.680 bits per heavy atom. The highest BCUT2D eigenvalue weighted by Crippen LogP contribution is 2.21. The van der Waals surface area contributed by atoms with Gasteiger partial charge >= 0.3 is 11.9 Å². The number of hydrogen-bond donors (Lipinski definition) is 0. The van der Waals surface area contributed by atoms with E-state index in [4.69, 9.17) is 21.1 Å². The Kier molecular flexibility index (Phi) is 5.11. The molecular formula is C20H13ClO4. The molecule has 0 aliphatic rings. The number of hydrogen-bond acceptors (Lipinski definition) is 4. The van der Waals surface area contributed by atoms with E-state index in [9.17, 15) is 9.59 Å². The molecule has 0 bridgehead atoms. The molecule has 0 saturated carbocycles. The van der Waals surface area contributed by atoms with Crippen LogP contribution in [0.4, 0.5) is 0 Å². The van der Waals surface area contributed by atoms with E-state index in [-0.39, 0.29) is 16.1 Å². The standard InChI is InChI=1S/C20H13ClO4/c21-18-12-11-14(19(22)24-15-7-3-1-4-8-15)13-17(18)20(23)25-16-9-5-2-6-10-16/h1-13H. The van der Waals surface area contributed by atoms with Gasteiger partial charge in [-0.2, -0.15) is 0 Å². The molecule has 3 aromatic carbocycles. The number of benzene rings is 3. The van der Waals surface area contributed by atoms with Gasteiger partial charge in [-0.15, -0.1) is 0 Å². The quantitative estimate of drug-likeness (QED) is 0.501.